The molecule has 2 atom stereocenters. The van der Waals surface area contributed by atoms with Crippen molar-refractivity contribution in [2.75, 3.05) is 7.11 Å². The molecule has 1 aliphatic rings. The molecule has 0 aromatic heterocycles. The number of hydrogen-bond donors (Lipinski definition) is 0. The summed E-state index contributed by atoms with van der Waals surface area (Å²) in [7, 11) is 1.21. The Balaban J connectivity index is 2.21. The van der Waals surface area contributed by atoms with E-state index in [2.05, 4.69) is 0 Å². The van der Waals surface area contributed by atoms with Crippen molar-refractivity contribution in [3.05, 3.63) is 35.9 Å². The molecule has 1 heterocycles. The van der Waals surface area contributed by atoms with Crippen molar-refractivity contribution in [3.8, 4) is 0 Å². The van der Waals surface area contributed by atoms with Gasteiger partial charge in [0.05, 0.1) is 0 Å². The van der Waals surface area contributed by atoms with Gasteiger partial charge in [0, 0.05) is 20.1 Å². The van der Waals surface area contributed by atoms with E-state index in [4.69, 9.17) is 4.74 Å². The largest absolute Gasteiger partial charge is 0.396 e. The zero-order chi connectivity index (χ0) is 14.8. The Morgan fingerprint density at radius 3 is 2.50 bits per heavy atom. The van der Waals surface area contributed by atoms with Gasteiger partial charge in [0.2, 0.25) is 5.91 Å². The highest BCUT2D eigenvalue weighted by molar-refractivity contribution is 5.77. The molecule has 2 rings (SSSR count). The number of methoxy groups -OCH3 is 1. The maximum atomic E-state index is 13.0. The van der Waals surface area contributed by atoms with Crippen LogP contribution in [-0.4, -0.2) is 30.3 Å². The molecule has 0 aliphatic carbocycles. The van der Waals surface area contributed by atoms with Crippen molar-refractivity contribution in [1.82, 2.24) is 4.90 Å². The lowest BCUT2D eigenvalue weighted by molar-refractivity contribution is -0.239. The fourth-order valence-electron chi connectivity index (χ4n) is 2.50. The second-order valence-corrected chi connectivity index (χ2v) is 4.82. The van der Waals surface area contributed by atoms with Crippen LogP contribution in [0, 0.1) is 5.92 Å². The molecule has 0 radical (unpaired) electrons. The number of nitrogens with zero attached hydrogens (tertiary/aromatic N) is 1. The summed E-state index contributed by atoms with van der Waals surface area (Å²) in [6.07, 6.45) is -5.93. The first kappa shape index (κ1) is 14.8. The van der Waals surface area contributed by atoms with Crippen LogP contribution in [0.5, 0.6) is 0 Å². The Morgan fingerprint density at radius 2 is 1.95 bits per heavy atom. The van der Waals surface area contributed by atoms with E-state index >= 15 is 0 Å². The summed E-state index contributed by atoms with van der Waals surface area (Å²) in [4.78, 5) is 13.1. The van der Waals surface area contributed by atoms with Gasteiger partial charge in [-0.2, -0.15) is 13.2 Å². The number of carbonyl (C=O) groups excluding carboxylic acids is 1. The van der Waals surface area contributed by atoms with E-state index in [1.165, 1.54) is 12.0 Å². The molecule has 1 aliphatic heterocycles. The van der Waals surface area contributed by atoms with E-state index in [1.54, 1.807) is 24.3 Å². The number of alkyl halides is 3. The summed E-state index contributed by atoms with van der Waals surface area (Å²) in [6, 6.07) is 8.93. The predicted molar refractivity (Wildman–Crippen MR) is 66.6 cm³/mol. The van der Waals surface area contributed by atoms with Gasteiger partial charge in [-0.05, 0) is 12.0 Å². The highest BCUT2D eigenvalue weighted by Crippen LogP contribution is 2.38. The zero-order valence-electron chi connectivity index (χ0n) is 11.1. The molecule has 0 saturated carbocycles. The van der Waals surface area contributed by atoms with Crippen molar-refractivity contribution in [1.29, 1.82) is 0 Å². The summed E-state index contributed by atoms with van der Waals surface area (Å²) >= 11 is 0. The van der Waals surface area contributed by atoms with Gasteiger partial charge in [0.25, 0.3) is 0 Å². The lowest BCUT2D eigenvalue weighted by Crippen LogP contribution is -2.53. The van der Waals surface area contributed by atoms with E-state index in [0.29, 0.717) is 0 Å². The number of hydrogen-bond acceptors (Lipinski definition) is 2. The first-order valence-corrected chi connectivity index (χ1v) is 6.36. The third kappa shape index (κ3) is 3.12. The molecule has 1 amide bonds. The average molecular weight is 287 g/mol. The average Bonchev–Trinajstić information content (AvgIpc) is 2.40. The SMILES string of the molecule is CO[C@H]1[C@H](C(F)(F)F)CCC(=O)N1Cc1ccccc1. The molecule has 20 heavy (non-hydrogen) atoms. The van der Waals surface area contributed by atoms with Crippen LogP contribution in [0.4, 0.5) is 13.2 Å². The number of piperidine rings is 1. The number of benzene rings is 1. The van der Waals surface area contributed by atoms with Gasteiger partial charge >= 0.3 is 6.18 Å². The van der Waals surface area contributed by atoms with Crippen LogP contribution in [0.2, 0.25) is 0 Å². The summed E-state index contributed by atoms with van der Waals surface area (Å²) in [5, 5.41) is 0. The molecule has 3 nitrogen and oxygen atoms in total. The lowest BCUT2D eigenvalue weighted by atomic mass is 9.94. The van der Waals surface area contributed by atoms with Crippen molar-refractivity contribution < 1.29 is 22.7 Å². The van der Waals surface area contributed by atoms with Gasteiger partial charge in [-0.1, -0.05) is 30.3 Å². The van der Waals surface area contributed by atoms with Gasteiger partial charge in [0.1, 0.15) is 12.1 Å². The third-order valence-corrected chi connectivity index (χ3v) is 3.50. The summed E-state index contributed by atoms with van der Waals surface area (Å²) in [5.74, 6) is -1.94. The molecule has 0 N–H and O–H groups in total. The fraction of sp³-hybridized carbons (Fsp3) is 0.500. The zero-order valence-corrected chi connectivity index (χ0v) is 11.1. The monoisotopic (exact) mass is 287 g/mol. The minimum Gasteiger partial charge on any atom is -0.361 e. The molecule has 1 fully saturated rings. The smallest absolute Gasteiger partial charge is 0.361 e. The Hall–Kier alpha value is -1.56. The minimum atomic E-state index is -4.36. The molecule has 0 spiro atoms. The lowest BCUT2D eigenvalue weighted by Gasteiger charge is -2.40. The summed E-state index contributed by atoms with van der Waals surface area (Å²) in [5.41, 5.74) is 0.783. The number of likely N-dealkylation sites (tertiary alicyclic amines) is 1. The van der Waals surface area contributed by atoms with Crippen LogP contribution in [0.3, 0.4) is 0 Å². The van der Waals surface area contributed by atoms with Crippen LogP contribution >= 0.6 is 0 Å². The van der Waals surface area contributed by atoms with E-state index in [9.17, 15) is 18.0 Å². The standard InChI is InChI=1S/C14H16F3NO2/c1-20-13-11(14(15,16)17)7-8-12(19)18(13)9-10-5-3-2-4-6-10/h2-6,11,13H,7-9H2,1H3/t11-,13+/m1/s1. The molecule has 0 unspecified atom stereocenters. The molecule has 6 heteroatoms. The van der Waals surface area contributed by atoms with Crippen LogP contribution in [-0.2, 0) is 16.1 Å². The Kier molecular flexibility index (Phi) is 4.32. The second-order valence-electron chi connectivity index (χ2n) is 4.82. The maximum absolute atomic E-state index is 13.0. The Bertz CT molecular complexity index is 461. The first-order chi connectivity index (χ1) is 9.43. The molecule has 1 aromatic rings. The first-order valence-electron chi connectivity index (χ1n) is 6.36. The predicted octanol–water partition coefficient (Wildman–Crippen LogP) is 2.96. The number of rotatable bonds is 3. The van der Waals surface area contributed by atoms with Crippen LogP contribution in [0.1, 0.15) is 18.4 Å². The van der Waals surface area contributed by atoms with E-state index in [1.807, 2.05) is 6.07 Å². The highest BCUT2D eigenvalue weighted by atomic mass is 19.4. The number of ether oxygens (including phenoxy) is 1. The Morgan fingerprint density at radius 1 is 1.30 bits per heavy atom. The van der Waals surface area contributed by atoms with E-state index < -0.39 is 18.3 Å². The molecular formula is C14H16F3NO2. The summed E-state index contributed by atoms with van der Waals surface area (Å²) < 4.78 is 44.0. The quantitative estimate of drug-likeness (QED) is 0.855. The third-order valence-electron chi connectivity index (χ3n) is 3.50. The van der Waals surface area contributed by atoms with Gasteiger partial charge in [0.15, 0.2) is 0 Å². The van der Waals surface area contributed by atoms with Crippen molar-refractivity contribution in [3.63, 3.8) is 0 Å². The van der Waals surface area contributed by atoms with Crippen molar-refractivity contribution >= 4 is 5.91 Å². The number of amides is 1. The van der Waals surface area contributed by atoms with Gasteiger partial charge in [-0.15, -0.1) is 0 Å². The Labute approximate surface area is 115 Å². The highest BCUT2D eigenvalue weighted by Gasteiger charge is 2.50. The second kappa shape index (κ2) is 5.83. The molecule has 0 bridgehead atoms. The topological polar surface area (TPSA) is 29.5 Å². The van der Waals surface area contributed by atoms with Crippen molar-refractivity contribution in [2.45, 2.75) is 31.8 Å². The molecule has 110 valence electrons. The van der Waals surface area contributed by atoms with Crippen LogP contribution in [0.15, 0.2) is 30.3 Å². The van der Waals surface area contributed by atoms with Crippen molar-refractivity contribution in [2.24, 2.45) is 5.92 Å². The minimum absolute atomic E-state index is 0.100. The van der Waals surface area contributed by atoms with E-state index in [0.717, 1.165) is 5.56 Å². The van der Waals surface area contributed by atoms with E-state index in [-0.39, 0.29) is 25.3 Å². The fourth-order valence-corrected chi connectivity index (χ4v) is 2.50. The maximum Gasteiger partial charge on any atom is 0.396 e. The molecule has 1 saturated heterocycles. The van der Waals surface area contributed by atoms with Crippen LogP contribution in [0.25, 0.3) is 0 Å². The van der Waals surface area contributed by atoms with Crippen LogP contribution < -0.4 is 0 Å². The molecule has 1 aromatic carbocycles. The number of carbonyl (C=O) groups is 1. The summed E-state index contributed by atoms with van der Waals surface area (Å²) in [6.45, 7) is 0.130. The normalized spacial score (nSPS) is 24.0. The van der Waals surface area contributed by atoms with Gasteiger partial charge in [-0.3, -0.25) is 4.79 Å². The molecular weight excluding hydrogens is 271 g/mol. The van der Waals surface area contributed by atoms with Gasteiger partial charge < -0.3 is 9.64 Å². The van der Waals surface area contributed by atoms with Gasteiger partial charge in [-0.25, -0.2) is 0 Å². The number of halogens is 3.